The number of hydrogen-bond acceptors (Lipinski definition) is 7. The van der Waals surface area contributed by atoms with E-state index >= 15 is 0 Å². The molecule has 15 heteroatoms. The summed E-state index contributed by atoms with van der Waals surface area (Å²) >= 11 is 0. The van der Waals surface area contributed by atoms with Crippen LogP contribution in [-0.4, -0.2) is 94.8 Å². The van der Waals surface area contributed by atoms with Gasteiger partial charge in [0.2, 0.25) is 29.5 Å². The van der Waals surface area contributed by atoms with Gasteiger partial charge in [0, 0.05) is 25.0 Å². The maximum Gasteiger partial charge on any atom is 0.305 e. The quantitative estimate of drug-likeness (QED) is 0.0936. The Kier molecular flexibility index (Phi) is 14.2. The third-order valence-corrected chi connectivity index (χ3v) is 10.0. The van der Waals surface area contributed by atoms with E-state index in [0.29, 0.717) is 25.7 Å². The number of carbonyl (C=O) groups excluding carboxylic acids is 5. The molecule has 3 fully saturated rings. The van der Waals surface area contributed by atoms with Gasteiger partial charge in [0.1, 0.15) is 24.2 Å². The van der Waals surface area contributed by atoms with Crippen molar-refractivity contribution in [3.63, 3.8) is 0 Å². The monoisotopic (exact) mass is 710 g/mol. The van der Waals surface area contributed by atoms with Gasteiger partial charge in [-0.1, -0.05) is 63.4 Å². The molecule has 0 bridgehead atoms. The molecule has 6 atom stereocenters. The summed E-state index contributed by atoms with van der Waals surface area (Å²) in [5.74, 6) is -4.11. The maximum absolute atomic E-state index is 14.2. The summed E-state index contributed by atoms with van der Waals surface area (Å²) in [5, 5.41) is 20.3. The number of fused-ring (bicyclic) bond motifs is 1. The van der Waals surface area contributed by atoms with Crippen LogP contribution in [0.25, 0.3) is 0 Å². The summed E-state index contributed by atoms with van der Waals surface area (Å²) in [7, 11) is 0. The number of aliphatic imine (C=N–C) groups is 1. The van der Waals surface area contributed by atoms with Gasteiger partial charge in [-0.25, -0.2) is 0 Å². The molecule has 280 valence electrons. The van der Waals surface area contributed by atoms with E-state index < -0.39 is 54.3 Å². The van der Waals surface area contributed by atoms with Crippen molar-refractivity contribution in [2.24, 2.45) is 34.2 Å². The largest absolute Gasteiger partial charge is 0.481 e. The fourth-order valence-electron chi connectivity index (χ4n) is 7.45. The van der Waals surface area contributed by atoms with Crippen molar-refractivity contribution in [3.8, 4) is 0 Å². The summed E-state index contributed by atoms with van der Waals surface area (Å²) < 4.78 is 0. The normalized spacial score (nSPS) is 23.0. The Morgan fingerprint density at radius 1 is 0.922 bits per heavy atom. The predicted octanol–water partition coefficient (Wildman–Crippen LogP) is 0.554. The average Bonchev–Trinajstić information content (AvgIpc) is 3.46. The number of amides is 5. The molecular formula is C36H54N8O7. The number of carboxylic acids is 1. The Morgan fingerprint density at radius 2 is 1.63 bits per heavy atom. The first-order chi connectivity index (χ1) is 24.3. The molecule has 2 saturated heterocycles. The van der Waals surface area contributed by atoms with Crippen LogP contribution in [0.5, 0.6) is 0 Å². The van der Waals surface area contributed by atoms with Crippen LogP contribution in [0.4, 0.5) is 0 Å². The number of carboxylic acid groups (broad SMARTS) is 1. The molecule has 2 heterocycles. The summed E-state index contributed by atoms with van der Waals surface area (Å²) in [6.45, 7) is 3.97. The molecule has 15 nitrogen and oxygen atoms in total. The van der Waals surface area contributed by atoms with Crippen molar-refractivity contribution in [2.45, 2.75) is 115 Å². The number of hydrogen-bond donors (Lipinski definition) is 7. The molecule has 3 aliphatic rings. The first-order valence-electron chi connectivity index (χ1n) is 18.2. The first kappa shape index (κ1) is 39.1. The molecule has 1 aromatic carbocycles. The van der Waals surface area contributed by atoms with Gasteiger partial charge in [0.05, 0.1) is 6.42 Å². The summed E-state index contributed by atoms with van der Waals surface area (Å²) in [4.78, 5) is 85.1. The topological polar surface area (TPSA) is 238 Å². The number of rotatable bonds is 16. The number of nitrogens with one attached hydrogen (secondary N) is 4. The van der Waals surface area contributed by atoms with Crippen molar-refractivity contribution in [3.05, 3.63) is 35.9 Å². The summed E-state index contributed by atoms with van der Waals surface area (Å²) in [6.07, 6.45) is 5.92. The highest BCUT2D eigenvalue weighted by Crippen LogP contribution is 2.39. The molecule has 5 amide bonds. The van der Waals surface area contributed by atoms with Gasteiger partial charge in [-0.2, -0.15) is 0 Å². The second-order valence-electron chi connectivity index (χ2n) is 14.4. The zero-order valence-corrected chi connectivity index (χ0v) is 29.6. The highest BCUT2D eigenvalue weighted by atomic mass is 16.4. The zero-order chi connectivity index (χ0) is 37.1. The lowest BCUT2D eigenvalue weighted by atomic mass is 9.86. The second kappa shape index (κ2) is 18.5. The molecule has 1 aliphatic carbocycles. The molecule has 1 saturated carbocycles. The van der Waals surface area contributed by atoms with Gasteiger partial charge in [0.15, 0.2) is 5.96 Å². The number of aliphatic carboxylic acids is 1. The Hall–Kier alpha value is -4.69. The van der Waals surface area contributed by atoms with E-state index in [9.17, 15) is 33.9 Å². The van der Waals surface area contributed by atoms with Crippen LogP contribution in [0.3, 0.4) is 0 Å². The molecule has 0 aromatic heterocycles. The van der Waals surface area contributed by atoms with Crippen LogP contribution in [0.15, 0.2) is 35.3 Å². The second-order valence-corrected chi connectivity index (χ2v) is 14.4. The Bertz CT molecular complexity index is 1430. The fraction of sp³-hybridized carbons (Fsp3) is 0.639. The number of carbonyl (C=O) groups is 6. The smallest absolute Gasteiger partial charge is 0.305 e. The van der Waals surface area contributed by atoms with Crippen molar-refractivity contribution < 1.29 is 33.9 Å². The summed E-state index contributed by atoms with van der Waals surface area (Å²) in [5.41, 5.74) is 12.1. The Balaban J connectivity index is 1.55. The Morgan fingerprint density at radius 3 is 2.27 bits per heavy atom. The van der Waals surface area contributed by atoms with Crippen LogP contribution in [0.1, 0.15) is 83.6 Å². The minimum Gasteiger partial charge on any atom is -0.481 e. The third-order valence-electron chi connectivity index (χ3n) is 10.0. The van der Waals surface area contributed by atoms with Crippen molar-refractivity contribution >= 4 is 41.5 Å². The van der Waals surface area contributed by atoms with E-state index in [1.54, 1.807) is 4.90 Å². The van der Waals surface area contributed by atoms with E-state index in [1.807, 2.05) is 44.2 Å². The summed E-state index contributed by atoms with van der Waals surface area (Å²) in [6, 6.07) is 5.20. The van der Waals surface area contributed by atoms with Crippen molar-refractivity contribution in [1.82, 2.24) is 26.2 Å². The van der Waals surface area contributed by atoms with Gasteiger partial charge in [-0.05, 0) is 62.3 Å². The standard InChI is InChI=1S/C36H54N8O7/c1-21(2)20-40-32(48)27(19-30(45)46)43-33(49)25(15-16-39-36(37)38)41-34(50)29-18-24(17-22-9-5-3-6-10-22)28-14-13-26(35(51)44(28)29)42-31(47)23-11-7-4-8-12-23/h3,5-6,9-10,21,23-29H,4,7-8,11-20H2,1-2H3,(H,40,48)(H,41,50)(H,42,47)(H,43,49)(H,45,46)(H4,37,38,39)/t24-,25+,26?,27+,28+,29+/m1/s1. The molecule has 0 radical (unpaired) electrons. The lowest BCUT2D eigenvalue weighted by molar-refractivity contribution is -0.147. The van der Waals surface area contributed by atoms with Gasteiger partial charge in [-0.3, -0.25) is 33.8 Å². The van der Waals surface area contributed by atoms with E-state index in [4.69, 9.17) is 11.5 Å². The SMILES string of the molecule is CC(C)CNC(=O)[C@H](CC(=O)O)NC(=O)[C@H](CCN=C(N)N)NC(=O)[C@@H]1C[C@@H](Cc2ccccc2)[C@@H]2CCC(NC(=O)C3CCCCC3)C(=O)N12. The number of nitrogens with two attached hydrogens (primary N) is 2. The van der Waals surface area contributed by atoms with E-state index in [2.05, 4.69) is 26.3 Å². The first-order valence-corrected chi connectivity index (χ1v) is 18.2. The maximum atomic E-state index is 14.2. The third kappa shape index (κ3) is 11.1. The van der Waals surface area contributed by atoms with E-state index in [-0.39, 0.29) is 61.1 Å². The van der Waals surface area contributed by atoms with Gasteiger partial charge in [0.25, 0.3) is 0 Å². The van der Waals surface area contributed by atoms with Crippen LogP contribution in [-0.2, 0) is 35.2 Å². The number of benzene rings is 1. The van der Waals surface area contributed by atoms with E-state index in [0.717, 1.165) is 37.7 Å². The van der Waals surface area contributed by atoms with Gasteiger partial charge < -0.3 is 42.7 Å². The van der Waals surface area contributed by atoms with Crippen molar-refractivity contribution in [2.75, 3.05) is 13.1 Å². The van der Waals surface area contributed by atoms with Gasteiger partial charge >= 0.3 is 5.97 Å². The number of piperidine rings is 1. The lowest BCUT2D eigenvalue weighted by Crippen LogP contribution is -2.61. The molecule has 9 N–H and O–H groups in total. The fourth-order valence-corrected chi connectivity index (χ4v) is 7.45. The molecule has 2 aliphatic heterocycles. The van der Waals surface area contributed by atoms with Gasteiger partial charge in [-0.15, -0.1) is 0 Å². The molecule has 4 rings (SSSR count). The van der Waals surface area contributed by atoms with Crippen molar-refractivity contribution in [1.29, 1.82) is 0 Å². The molecule has 1 aromatic rings. The van der Waals surface area contributed by atoms with Crippen LogP contribution in [0.2, 0.25) is 0 Å². The highest BCUT2D eigenvalue weighted by molar-refractivity contribution is 5.97. The average molecular weight is 711 g/mol. The Labute approximate surface area is 299 Å². The molecule has 0 spiro atoms. The minimum absolute atomic E-state index is 0.0499. The van der Waals surface area contributed by atoms with E-state index in [1.165, 1.54) is 0 Å². The molecule has 1 unspecified atom stereocenters. The lowest BCUT2D eigenvalue weighted by Gasteiger charge is -2.39. The number of guanidine groups is 1. The van der Waals surface area contributed by atoms with Crippen LogP contribution >= 0.6 is 0 Å². The van der Waals surface area contributed by atoms with Crippen LogP contribution in [0, 0.1) is 17.8 Å². The van der Waals surface area contributed by atoms with Crippen LogP contribution < -0.4 is 32.7 Å². The molecular weight excluding hydrogens is 656 g/mol. The molecule has 51 heavy (non-hydrogen) atoms. The highest BCUT2D eigenvalue weighted by Gasteiger charge is 2.51. The zero-order valence-electron chi connectivity index (χ0n) is 29.6. The number of nitrogens with zero attached hydrogens (tertiary/aromatic N) is 2. The predicted molar refractivity (Wildman–Crippen MR) is 190 cm³/mol. The minimum atomic E-state index is -1.40.